The molecule has 2 heteroatoms. The molecule has 0 aromatic heterocycles. The molecule has 0 saturated heterocycles. The van der Waals surface area contributed by atoms with Gasteiger partial charge in [0.05, 0.1) is 0 Å². The first-order chi connectivity index (χ1) is 5.81. The summed E-state index contributed by atoms with van der Waals surface area (Å²) in [6.45, 7) is 10.2. The number of allylic oxidation sites excluding steroid dienone is 1. The predicted molar refractivity (Wildman–Crippen MR) is 60.9 cm³/mol. The van der Waals surface area contributed by atoms with Gasteiger partial charge >= 0.3 is 33.1 Å². The number of halogens is 1. The summed E-state index contributed by atoms with van der Waals surface area (Å²) >= 11 is 4.87. The van der Waals surface area contributed by atoms with Crippen LogP contribution in [0.25, 0.3) is 0 Å². The van der Waals surface area contributed by atoms with Gasteiger partial charge in [-0.15, -0.1) is 0 Å². The number of hydrogen-bond acceptors (Lipinski definition) is 0. The fraction of sp³-hybridized carbons (Fsp3) is 0.800. The van der Waals surface area contributed by atoms with Crippen LogP contribution in [0.2, 0.25) is 0 Å². The SMILES string of the molecule is [CH-]=C(CCCC)CCCC.[Mn+][I]. The minimum absolute atomic E-state index is 1.14. The van der Waals surface area contributed by atoms with Crippen LogP contribution in [0.15, 0.2) is 5.57 Å². The minimum atomic E-state index is 1.14. The molecule has 0 unspecified atom stereocenters. The molecule has 0 aromatic rings. The van der Waals surface area contributed by atoms with Gasteiger partial charge in [0.25, 0.3) is 0 Å². The maximum atomic E-state index is 5.76. The van der Waals surface area contributed by atoms with Crippen molar-refractivity contribution in [3.63, 3.8) is 0 Å². The van der Waals surface area contributed by atoms with Crippen molar-refractivity contribution in [2.75, 3.05) is 0 Å². The Labute approximate surface area is 97.1 Å². The first kappa shape index (κ1) is 15.5. The summed E-state index contributed by atoms with van der Waals surface area (Å²) in [4.78, 5) is 0. The van der Waals surface area contributed by atoms with E-state index in [1.165, 1.54) is 31.3 Å². The summed E-state index contributed by atoms with van der Waals surface area (Å²) in [6.07, 6.45) is 7.30. The summed E-state index contributed by atoms with van der Waals surface area (Å²) in [5.74, 6) is 0. The number of rotatable bonds is 6. The van der Waals surface area contributed by atoms with Crippen molar-refractivity contribution in [2.24, 2.45) is 0 Å². The Bertz CT molecular complexity index is 81.8. The van der Waals surface area contributed by atoms with Gasteiger partial charge in [0, 0.05) is 0 Å². The van der Waals surface area contributed by atoms with E-state index in [0.717, 1.165) is 12.8 Å². The van der Waals surface area contributed by atoms with Crippen LogP contribution in [0.1, 0.15) is 52.4 Å². The van der Waals surface area contributed by atoms with E-state index in [1.54, 1.807) is 0 Å². The standard InChI is InChI=1S/C10H19.HI.Mn/c1-4-6-8-10(3)9-7-5-2;;/h3H,4-9H2,1-2H3;1H;/q-1;;+2/p-1. The Hall–Kier alpha value is 0.989. The Morgan fingerprint density at radius 1 is 1.08 bits per heavy atom. The Balaban J connectivity index is 0. The van der Waals surface area contributed by atoms with Gasteiger partial charge < -0.3 is 6.58 Å². The molecule has 0 N–H and O–H groups in total. The van der Waals surface area contributed by atoms with Crippen molar-refractivity contribution in [1.82, 2.24) is 0 Å². The van der Waals surface area contributed by atoms with Crippen LogP contribution < -0.4 is 0 Å². The van der Waals surface area contributed by atoms with Crippen molar-refractivity contribution in [3.8, 4) is 0 Å². The summed E-state index contributed by atoms with van der Waals surface area (Å²) in [6, 6.07) is 0. The van der Waals surface area contributed by atoms with Gasteiger partial charge in [0.2, 0.25) is 0 Å². The maximum absolute atomic E-state index is 5.76. The zero-order chi connectivity index (χ0) is 9.82. The van der Waals surface area contributed by atoms with E-state index in [4.69, 9.17) is 6.58 Å². The number of unbranched alkanes of at least 4 members (excludes halogenated alkanes) is 2. The average Bonchev–Trinajstić information content (AvgIpc) is 2.14. The van der Waals surface area contributed by atoms with E-state index in [9.17, 15) is 0 Å². The Kier molecular flexibility index (Phi) is 18.7. The van der Waals surface area contributed by atoms with Crippen LogP contribution in [-0.2, 0) is 12.8 Å². The molecule has 0 fully saturated rings. The van der Waals surface area contributed by atoms with Crippen molar-refractivity contribution >= 4 is 20.3 Å². The van der Waals surface area contributed by atoms with E-state index < -0.39 is 0 Å². The van der Waals surface area contributed by atoms with Crippen LogP contribution >= 0.6 is 20.3 Å². The van der Waals surface area contributed by atoms with Crippen molar-refractivity contribution in [1.29, 1.82) is 0 Å². The Morgan fingerprint density at radius 3 is 1.67 bits per heavy atom. The molecule has 0 aliphatic rings. The molecule has 0 heterocycles. The zero-order valence-corrected chi connectivity index (χ0v) is 11.4. The molecule has 73 valence electrons. The van der Waals surface area contributed by atoms with Gasteiger partial charge in [-0.25, -0.2) is 0 Å². The third-order valence-electron chi connectivity index (χ3n) is 1.70. The van der Waals surface area contributed by atoms with Crippen LogP contribution in [0, 0.1) is 6.58 Å². The van der Waals surface area contributed by atoms with Crippen molar-refractivity contribution in [2.45, 2.75) is 52.4 Å². The molecule has 0 aromatic carbocycles. The van der Waals surface area contributed by atoms with Gasteiger partial charge in [-0.05, 0) is 0 Å². The summed E-state index contributed by atoms with van der Waals surface area (Å²) in [5.41, 5.74) is 1.20. The molecule has 0 nitrogen and oxygen atoms in total. The average molecular weight is 321 g/mol. The second-order valence-corrected chi connectivity index (χ2v) is 2.87. The molecule has 0 spiro atoms. The van der Waals surface area contributed by atoms with Crippen LogP contribution in [-0.4, -0.2) is 0 Å². The molecule has 0 aliphatic heterocycles. The van der Waals surface area contributed by atoms with Gasteiger partial charge in [0.1, 0.15) is 0 Å². The van der Waals surface area contributed by atoms with Gasteiger partial charge in [0.15, 0.2) is 0 Å². The summed E-state index contributed by atoms with van der Waals surface area (Å²) < 4.78 is 0. The monoisotopic (exact) mass is 321 g/mol. The first-order valence-corrected chi connectivity index (χ1v) is 8.36. The first-order valence-electron chi connectivity index (χ1n) is 4.55. The molecule has 0 atom stereocenters. The van der Waals surface area contributed by atoms with Gasteiger partial charge in [-0.3, -0.25) is 5.57 Å². The molecule has 0 radical (unpaired) electrons. The molecule has 0 amide bonds. The van der Waals surface area contributed by atoms with Crippen LogP contribution in [0.4, 0.5) is 0 Å². The van der Waals surface area contributed by atoms with Crippen LogP contribution in [0.3, 0.4) is 0 Å². The van der Waals surface area contributed by atoms with Gasteiger partial charge in [-0.2, -0.15) is 0 Å². The second-order valence-electron chi connectivity index (χ2n) is 2.87. The molecule has 0 saturated carbocycles. The molecule has 0 rings (SSSR count). The fourth-order valence-corrected chi connectivity index (χ4v) is 0.933. The molecule has 12 heavy (non-hydrogen) atoms. The van der Waals surface area contributed by atoms with E-state index in [1.807, 2.05) is 20.3 Å². The fourth-order valence-electron chi connectivity index (χ4n) is 0.933. The second kappa shape index (κ2) is 14.5. The Morgan fingerprint density at radius 2 is 1.42 bits per heavy atom. The predicted octanol–water partition coefficient (Wildman–Crippen LogP) is 4.61. The summed E-state index contributed by atoms with van der Waals surface area (Å²) in [7, 11) is 0. The van der Waals surface area contributed by atoms with E-state index >= 15 is 0 Å². The van der Waals surface area contributed by atoms with E-state index in [2.05, 4.69) is 26.6 Å². The van der Waals surface area contributed by atoms with Crippen LogP contribution in [0.5, 0.6) is 0 Å². The molecule has 0 bridgehead atoms. The zero-order valence-electron chi connectivity index (χ0n) is 8.08. The van der Waals surface area contributed by atoms with Crippen molar-refractivity contribution in [3.05, 3.63) is 12.2 Å². The van der Waals surface area contributed by atoms with Gasteiger partial charge in [-0.1, -0.05) is 52.4 Å². The van der Waals surface area contributed by atoms with E-state index in [-0.39, 0.29) is 0 Å². The van der Waals surface area contributed by atoms with E-state index in [0.29, 0.717) is 0 Å². The third kappa shape index (κ3) is 13.6. The quantitative estimate of drug-likeness (QED) is 0.381. The third-order valence-corrected chi connectivity index (χ3v) is 1.70. The molecular formula is C10H19IMn. The normalized spacial score (nSPS) is 8.58. The topological polar surface area (TPSA) is 0 Å². The molecular weight excluding hydrogens is 302 g/mol. The molecule has 0 aliphatic carbocycles. The summed E-state index contributed by atoms with van der Waals surface area (Å²) in [5, 5.41) is 0. The number of hydrogen-bond donors (Lipinski definition) is 0. The van der Waals surface area contributed by atoms with Crippen molar-refractivity contribution < 1.29 is 12.8 Å².